The van der Waals surface area contributed by atoms with Gasteiger partial charge in [0.05, 0.1) is 20.0 Å². The summed E-state index contributed by atoms with van der Waals surface area (Å²) in [4.78, 5) is 25.1. The number of aromatic nitrogens is 4. The van der Waals surface area contributed by atoms with Crippen LogP contribution in [0.4, 0.5) is 5.82 Å². The van der Waals surface area contributed by atoms with Crippen LogP contribution in [0.1, 0.15) is 57.2 Å². The number of nitrogens with zero attached hydrogens (tertiary/aromatic N) is 4. The predicted molar refractivity (Wildman–Crippen MR) is 138 cm³/mol. The third-order valence-corrected chi connectivity index (χ3v) is 6.55. The van der Waals surface area contributed by atoms with Crippen LogP contribution in [0.2, 0.25) is 0 Å². The molecule has 0 saturated carbocycles. The van der Waals surface area contributed by atoms with Crippen LogP contribution in [0.15, 0.2) is 30.9 Å². The van der Waals surface area contributed by atoms with Gasteiger partial charge in [-0.15, -0.1) is 0 Å². The van der Waals surface area contributed by atoms with Crippen LogP contribution < -0.4 is 14.8 Å². The lowest BCUT2D eigenvalue weighted by Crippen LogP contribution is -2.33. The number of hydrogen-bond donors (Lipinski definition) is 4. The number of ether oxygens (including phenoxy) is 3. The number of esters is 1. The molecule has 1 fully saturated rings. The van der Waals surface area contributed by atoms with E-state index in [1.54, 1.807) is 12.1 Å². The van der Waals surface area contributed by atoms with Crippen molar-refractivity contribution in [2.24, 2.45) is 0 Å². The van der Waals surface area contributed by atoms with Gasteiger partial charge in [0.2, 0.25) is 0 Å². The van der Waals surface area contributed by atoms with Gasteiger partial charge in [-0.25, -0.2) is 15.0 Å². The Morgan fingerprint density at radius 2 is 1.92 bits per heavy atom. The van der Waals surface area contributed by atoms with Crippen molar-refractivity contribution in [3.8, 4) is 11.5 Å². The number of nitrogens with one attached hydrogen (secondary N) is 1. The first-order valence-corrected chi connectivity index (χ1v) is 12.9. The van der Waals surface area contributed by atoms with E-state index < -0.39 is 31.1 Å². The molecule has 206 valence electrons. The molecule has 12 heteroatoms. The van der Waals surface area contributed by atoms with Crippen LogP contribution in [0.5, 0.6) is 11.5 Å². The third kappa shape index (κ3) is 6.21. The number of aliphatic hydroxyl groups is 3. The molecule has 4 N–H and O–H groups in total. The minimum atomic E-state index is -1.25. The zero-order valence-corrected chi connectivity index (χ0v) is 21.6. The number of rotatable bonds is 13. The van der Waals surface area contributed by atoms with Gasteiger partial charge in [0.25, 0.3) is 0 Å². The van der Waals surface area contributed by atoms with Crippen molar-refractivity contribution >= 4 is 23.0 Å². The van der Waals surface area contributed by atoms with Gasteiger partial charge in [0.15, 0.2) is 34.7 Å². The molecule has 0 amide bonds. The summed E-state index contributed by atoms with van der Waals surface area (Å²) in [6.07, 6.45) is 4.10. The van der Waals surface area contributed by atoms with Gasteiger partial charge in [0, 0.05) is 13.0 Å². The van der Waals surface area contributed by atoms with E-state index in [1.807, 2.05) is 6.07 Å². The highest BCUT2D eigenvalue weighted by Crippen LogP contribution is 2.33. The smallest absolute Gasteiger partial charge is 0.311 e. The van der Waals surface area contributed by atoms with Crippen molar-refractivity contribution in [2.45, 2.75) is 76.5 Å². The van der Waals surface area contributed by atoms with Crippen molar-refractivity contribution in [3.05, 3.63) is 36.4 Å². The molecule has 1 saturated heterocycles. The fourth-order valence-corrected chi connectivity index (χ4v) is 4.42. The normalized spacial score (nSPS) is 21.1. The summed E-state index contributed by atoms with van der Waals surface area (Å²) in [7, 11) is 1.52. The molecule has 0 radical (unpaired) electrons. The topological polar surface area (TPSA) is 161 Å². The molecular formula is C26H35N5O7. The molecule has 1 aliphatic rings. The maximum Gasteiger partial charge on any atom is 0.311 e. The lowest BCUT2D eigenvalue weighted by molar-refractivity contribution is -0.134. The quantitative estimate of drug-likeness (QED) is 0.146. The number of anilines is 1. The predicted octanol–water partition coefficient (Wildman–Crippen LogP) is 2.32. The number of carbonyl (C=O) groups excluding carboxylic acids is 1. The summed E-state index contributed by atoms with van der Waals surface area (Å²) in [5, 5.41) is 33.1. The molecule has 2 aromatic heterocycles. The Balaban J connectivity index is 1.40. The molecule has 4 atom stereocenters. The Morgan fingerprint density at radius 1 is 1.11 bits per heavy atom. The van der Waals surface area contributed by atoms with E-state index in [0.29, 0.717) is 41.4 Å². The number of carbonyl (C=O) groups is 1. The number of methoxy groups -OCH3 is 1. The van der Waals surface area contributed by atoms with Gasteiger partial charge in [-0.05, 0) is 24.1 Å². The first-order chi connectivity index (χ1) is 18.5. The van der Waals surface area contributed by atoms with Crippen LogP contribution >= 0.6 is 0 Å². The average molecular weight is 530 g/mol. The largest absolute Gasteiger partial charge is 0.493 e. The van der Waals surface area contributed by atoms with Crippen molar-refractivity contribution < 1.29 is 34.3 Å². The van der Waals surface area contributed by atoms with Crippen LogP contribution in [-0.4, -0.2) is 72.8 Å². The van der Waals surface area contributed by atoms with E-state index in [-0.39, 0.29) is 5.97 Å². The first kappa shape index (κ1) is 27.7. The molecule has 3 aromatic rings. The number of hydrogen-bond acceptors (Lipinski definition) is 11. The van der Waals surface area contributed by atoms with Gasteiger partial charge in [-0.1, -0.05) is 38.7 Å². The molecule has 3 heterocycles. The second-order valence-corrected chi connectivity index (χ2v) is 9.25. The molecule has 0 unspecified atom stereocenters. The molecule has 1 aliphatic heterocycles. The molecule has 1 aromatic carbocycles. The first-order valence-electron chi connectivity index (χ1n) is 12.9. The highest BCUT2D eigenvalue weighted by Gasteiger charge is 2.44. The molecule has 0 aliphatic carbocycles. The summed E-state index contributed by atoms with van der Waals surface area (Å²) in [5.41, 5.74) is 1.70. The van der Waals surface area contributed by atoms with E-state index in [1.165, 1.54) is 30.8 Å². The highest BCUT2D eigenvalue weighted by atomic mass is 16.6. The number of fused-ring (bicyclic) bond motifs is 1. The highest BCUT2D eigenvalue weighted by molar-refractivity contribution is 5.82. The minimum Gasteiger partial charge on any atom is -0.493 e. The van der Waals surface area contributed by atoms with E-state index in [9.17, 15) is 20.1 Å². The molecular weight excluding hydrogens is 494 g/mol. The Kier molecular flexibility index (Phi) is 9.45. The molecule has 38 heavy (non-hydrogen) atoms. The average Bonchev–Trinajstić information content (AvgIpc) is 3.48. The second kappa shape index (κ2) is 13.0. The fourth-order valence-electron chi connectivity index (χ4n) is 4.42. The molecule has 12 nitrogen and oxygen atoms in total. The number of benzene rings is 1. The molecule has 0 bridgehead atoms. The van der Waals surface area contributed by atoms with Gasteiger partial charge in [0.1, 0.15) is 24.6 Å². The standard InChI is InChI=1S/C26H35N5O7/c1-3-4-5-6-7-8-20(33)37-17-10-9-16(11-18(17)36-2)12-27-24-21-25(29-14-28-24)31(15-30-21)26-23(35)22(34)19(13-32)38-26/h9-11,14-15,19,22-23,26,32,34-35H,3-8,12-13H2,1-2H3,(H,27,28,29)/t19-,22-,23-,26-/m1/s1. The number of imidazole rings is 1. The van der Waals surface area contributed by atoms with Crippen LogP contribution in [0, 0.1) is 0 Å². The summed E-state index contributed by atoms with van der Waals surface area (Å²) in [6.45, 7) is 2.10. The number of aliphatic hydroxyl groups excluding tert-OH is 3. The van der Waals surface area contributed by atoms with Gasteiger partial charge in [-0.3, -0.25) is 9.36 Å². The SMILES string of the molecule is CCCCCCCC(=O)Oc1ccc(CNc2ncnc3c2ncn3[C@@H]2O[C@H](CO)[C@@H](O)[C@H]2O)cc1OC. The third-order valence-electron chi connectivity index (χ3n) is 6.55. The Morgan fingerprint density at radius 3 is 2.66 bits per heavy atom. The Labute approximate surface area is 220 Å². The Hall–Kier alpha value is -3.32. The lowest BCUT2D eigenvalue weighted by atomic mass is 10.1. The maximum absolute atomic E-state index is 12.2. The summed E-state index contributed by atoms with van der Waals surface area (Å²) >= 11 is 0. The van der Waals surface area contributed by atoms with Crippen molar-refractivity contribution in [1.82, 2.24) is 19.5 Å². The van der Waals surface area contributed by atoms with Crippen LogP contribution in [-0.2, 0) is 16.1 Å². The lowest BCUT2D eigenvalue weighted by Gasteiger charge is -2.16. The molecule has 4 rings (SSSR count). The molecule has 0 spiro atoms. The van der Waals surface area contributed by atoms with E-state index in [0.717, 1.165) is 31.2 Å². The van der Waals surface area contributed by atoms with E-state index in [2.05, 4.69) is 27.2 Å². The van der Waals surface area contributed by atoms with Crippen molar-refractivity contribution in [3.63, 3.8) is 0 Å². The number of unbranched alkanes of at least 4 members (excludes halogenated alkanes) is 4. The van der Waals surface area contributed by atoms with E-state index >= 15 is 0 Å². The summed E-state index contributed by atoms with van der Waals surface area (Å²) in [5.74, 6) is 0.999. The second-order valence-electron chi connectivity index (χ2n) is 9.25. The minimum absolute atomic E-state index is 0.279. The van der Waals surface area contributed by atoms with Crippen LogP contribution in [0.25, 0.3) is 11.2 Å². The van der Waals surface area contributed by atoms with Crippen LogP contribution in [0.3, 0.4) is 0 Å². The van der Waals surface area contributed by atoms with Crippen molar-refractivity contribution in [2.75, 3.05) is 19.0 Å². The van der Waals surface area contributed by atoms with Gasteiger partial charge < -0.3 is 34.8 Å². The zero-order valence-electron chi connectivity index (χ0n) is 21.6. The fraction of sp³-hybridized carbons (Fsp3) is 0.538. The van der Waals surface area contributed by atoms with E-state index in [4.69, 9.17) is 14.2 Å². The Bertz CT molecular complexity index is 1220. The van der Waals surface area contributed by atoms with Gasteiger partial charge >= 0.3 is 5.97 Å². The van der Waals surface area contributed by atoms with Gasteiger partial charge in [-0.2, -0.15) is 0 Å². The summed E-state index contributed by atoms with van der Waals surface area (Å²) < 4.78 is 18.1. The monoisotopic (exact) mass is 529 g/mol. The maximum atomic E-state index is 12.2. The zero-order chi connectivity index (χ0) is 27.1. The van der Waals surface area contributed by atoms with Crippen molar-refractivity contribution in [1.29, 1.82) is 0 Å². The summed E-state index contributed by atoms with van der Waals surface area (Å²) in [6, 6.07) is 5.32.